The molecule has 0 spiro atoms. The number of carbonyl (C=O) groups is 1. The number of likely N-dealkylation sites (N-methyl/N-ethyl adjacent to an activating group) is 1. The molecule has 1 aliphatic rings. The summed E-state index contributed by atoms with van der Waals surface area (Å²) >= 11 is 0. The average molecular weight is 909 g/mol. The van der Waals surface area contributed by atoms with Crippen LogP contribution in [0, 0.1) is 0 Å². The van der Waals surface area contributed by atoms with Crippen LogP contribution in [-0.2, 0) is 28.5 Å². The van der Waals surface area contributed by atoms with Gasteiger partial charge in [-0.25, -0.2) is 0 Å². The Kier molecular flexibility index (Phi) is 46.7. The molecule has 7 nitrogen and oxygen atoms in total. The van der Waals surface area contributed by atoms with Crippen molar-refractivity contribution in [2.45, 2.75) is 315 Å². The number of nitrogens with zero attached hydrogens (tertiary/aromatic N) is 1. The van der Waals surface area contributed by atoms with Crippen LogP contribution in [-0.4, -0.2) is 82.5 Å². The number of carbonyl (C=O) groups excluding carboxylic acids is 1. The SMILES string of the molecule is CCCCCCCCCCCCCCCCO[C@@H]1O[C@H](COC(=O)CN(C)C)[C@H](OCCCCCCCCCCCCCCCC)[C@@H]1OCCCCCCCCCCCCCCCC. The minimum Gasteiger partial charge on any atom is -0.462 e. The Balaban J connectivity index is 2.57. The van der Waals surface area contributed by atoms with Gasteiger partial charge in [0.2, 0.25) is 0 Å². The second-order valence-electron chi connectivity index (χ2n) is 20.3. The molecule has 7 heteroatoms. The van der Waals surface area contributed by atoms with Crippen LogP contribution >= 0.6 is 0 Å². The maximum Gasteiger partial charge on any atom is 0.320 e. The molecule has 0 radical (unpaired) electrons. The molecule has 0 N–H and O–H groups in total. The van der Waals surface area contributed by atoms with Gasteiger partial charge >= 0.3 is 5.97 Å². The van der Waals surface area contributed by atoms with Crippen molar-refractivity contribution in [2.75, 3.05) is 47.1 Å². The molecule has 1 rings (SSSR count). The number of hydrogen-bond acceptors (Lipinski definition) is 7. The van der Waals surface area contributed by atoms with Crippen molar-refractivity contribution in [3.05, 3.63) is 0 Å². The quantitative estimate of drug-likeness (QED) is 0.0445. The van der Waals surface area contributed by atoms with E-state index in [1.54, 1.807) is 0 Å². The molecule has 1 heterocycles. The molecule has 0 aliphatic carbocycles. The summed E-state index contributed by atoms with van der Waals surface area (Å²) in [5.74, 6) is -0.244. The zero-order chi connectivity index (χ0) is 46.2. The van der Waals surface area contributed by atoms with E-state index in [-0.39, 0.29) is 31.3 Å². The molecular weight excluding hydrogens is 795 g/mol. The van der Waals surface area contributed by atoms with Gasteiger partial charge in [-0.1, -0.05) is 271 Å². The van der Waals surface area contributed by atoms with Crippen LogP contribution in [0.1, 0.15) is 290 Å². The smallest absolute Gasteiger partial charge is 0.320 e. The molecule has 1 saturated heterocycles. The first kappa shape index (κ1) is 61.3. The highest BCUT2D eigenvalue weighted by Gasteiger charge is 2.47. The summed E-state index contributed by atoms with van der Waals surface area (Å²) in [4.78, 5) is 14.5. The number of ether oxygens (including phenoxy) is 5. The normalized spacial score (nSPS) is 17.6. The van der Waals surface area contributed by atoms with Gasteiger partial charge in [0.05, 0.1) is 6.54 Å². The van der Waals surface area contributed by atoms with E-state index in [2.05, 4.69) is 20.8 Å². The van der Waals surface area contributed by atoms with E-state index in [0.29, 0.717) is 19.8 Å². The van der Waals surface area contributed by atoms with Crippen LogP contribution in [0.3, 0.4) is 0 Å². The lowest BCUT2D eigenvalue weighted by Crippen LogP contribution is -2.40. The Bertz CT molecular complexity index is 934. The molecule has 64 heavy (non-hydrogen) atoms. The van der Waals surface area contributed by atoms with Crippen molar-refractivity contribution >= 4 is 5.97 Å². The predicted octanol–water partition coefficient (Wildman–Crippen LogP) is 17.0. The molecule has 0 bridgehead atoms. The van der Waals surface area contributed by atoms with Gasteiger partial charge in [-0.05, 0) is 33.4 Å². The van der Waals surface area contributed by atoms with Gasteiger partial charge in [-0.3, -0.25) is 9.69 Å². The third kappa shape index (κ3) is 39.3. The summed E-state index contributed by atoms with van der Waals surface area (Å²) in [6, 6.07) is 0. The molecule has 0 saturated carbocycles. The average Bonchev–Trinajstić information content (AvgIpc) is 3.61. The summed E-state index contributed by atoms with van der Waals surface area (Å²) in [6.45, 7) is 9.28. The zero-order valence-electron chi connectivity index (χ0n) is 43.9. The second kappa shape index (κ2) is 48.7. The Morgan fingerprint density at radius 3 is 0.938 bits per heavy atom. The lowest BCUT2D eigenvalue weighted by molar-refractivity contribution is -0.184. The molecule has 0 aromatic heterocycles. The standard InChI is InChI=1S/C57H113NO6/c1-6-9-12-15-18-21-24-27-30-33-36-39-42-45-48-60-55-53(52-63-54(59)51-58(4)5)64-57(62-50-47-44-41-38-35-32-29-26-23-20-17-14-11-8-3)56(55)61-49-46-43-40-37-34-31-28-25-22-19-16-13-10-7-2/h53,55-57H,6-52H2,1-5H3/t53-,55+,56+,57-/m1/s1. The van der Waals surface area contributed by atoms with E-state index in [1.165, 1.54) is 250 Å². The zero-order valence-corrected chi connectivity index (χ0v) is 43.9. The molecule has 0 amide bonds. The van der Waals surface area contributed by atoms with Crippen molar-refractivity contribution in [3.8, 4) is 0 Å². The molecule has 1 fully saturated rings. The van der Waals surface area contributed by atoms with Gasteiger partial charge < -0.3 is 23.7 Å². The molecule has 0 aromatic rings. The van der Waals surface area contributed by atoms with E-state index < -0.39 is 12.4 Å². The number of unbranched alkanes of at least 4 members (excludes halogenated alkanes) is 39. The lowest BCUT2D eigenvalue weighted by atomic mass is 10.0. The molecule has 0 unspecified atom stereocenters. The first-order chi connectivity index (χ1) is 31.5. The fraction of sp³-hybridized carbons (Fsp3) is 0.982. The van der Waals surface area contributed by atoms with Crippen LogP contribution in [0.2, 0.25) is 0 Å². The summed E-state index contributed by atoms with van der Waals surface area (Å²) < 4.78 is 32.1. The monoisotopic (exact) mass is 908 g/mol. The van der Waals surface area contributed by atoms with Crippen LogP contribution in [0.5, 0.6) is 0 Å². The third-order valence-corrected chi connectivity index (χ3v) is 13.5. The number of rotatable bonds is 52. The number of hydrogen-bond donors (Lipinski definition) is 0. The van der Waals surface area contributed by atoms with Crippen LogP contribution in [0.4, 0.5) is 0 Å². The van der Waals surface area contributed by atoms with Crippen molar-refractivity contribution in [3.63, 3.8) is 0 Å². The summed E-state index contributed by atoms with van der Waals surface area (Å²) in [7, 11) is 3.77. The first-order valence-corrected chi connectivity index (χ1v) is 28.8. The largest absolute Gasteiger partial charge is 0.462 e. The summed E-state index contributed by atoms with van der Waals surface area (Å²) in [5, 5.41) is 0. The molecule has 382 valence electrons. The van der Waals surface area contributed by atoms with Crippen molar-refractivity contribution in [1.29, 1.82) is 0 Å². The van der Waals surface area contributed by atoms with E-state index in [4.69, 9.17) is 23.7 Å². The Hall–Kier alpha value is -0.730. The molecular formula is C57H113NO6. The van der Waals surface area contributed by atoms with Crippen LogP contribution in [0.25, 0.3) is 0 Å². The van der Waals surface area contributed by atoms with Crippen molar-refractivity contribution < 1.29 is 28.5 Å². The highest BCUT2D eigenvalue weighted by molar-refractivity contribution is 5.71. The van der Waals surface area contributed by atoms with Gasteiger partial charge in [-0.2, -0.15) is 0 Å². The Morgan fingerprint density at radius 1 is 0.375 bits per heavy atom. The van der Waals surface area contributed by atoms with E-state index in [9.17, 15) is 4.79 Å². The lowest BCUT2D eigenvalue weighted by Gasteiger charge is -2.25. The van der Waals surface area contributed by atoms with Crippen LogP contribution < -0.4 is 0 Å². The fourth-order valence-electron chi connectivity index (χ4n) is 9.34. The third-order valence-electron chi connectivity index (χ3n) is 13.5. The predicted molar refractivity (Wildman–Crippen MR) is 275 cm³/mol. The highest BCUT2D eigenvalue weighted by atomic mass is 16.7. The van der Waals surface area contributed by atoms with Gasteiger partial charge in [0.15, 0.2) is 6.29 Å². The minimum absolute atomic E-state index is 0.160. The maximum atomic E-state index is 12.6. The molecule has 4 atom stereocenters. The Morgan fingerprint density at radius 2 is 0.641 bits per heavy atom. The van der Waals surface area contributed by atoms with Crippen molar-refractivity contribution in [2.24, 2.45) is 0 Å². The second-order valence-corrected chi connectivity index (χ2v) is 20.3. The highest BCUT2D eigenvalue weighted by Crippen LogP contribution is 2.29. The maximum absolute atomic E-state index is 12.6. The fourth-order valence-corrected chi connectivity index (χ4v) is 9.34. The van der Waals surface area contributed by atoms with E-state index >= 15 is 0 Å². The van der Waals surface area contributed by atoms with Gasteiger partial charge in [0.25, 0.3) is 0 Å². The van der Waals surface area contributed by atoms with E-state index in [1.807, 2.05) is 19.0 Å². The van der Waals surface area contributed by atoms with E-state index in [0.717, 1.165) is 19.3 Å². The Labute approximate surface area is 400 Å². The van der Waals surface area contributed by atoms with Gasteiger partial charge in [-0.15, -0.1) is 0 Å². The van der Waals surface area contributed by atoms with Crippen molar-refractivity contribution in [1.82, 2.24) is 4.90 Å². The molecule has 0 aromatic carbocycles. The topological polar surface area (TPSA) is 66.5 Å². The summed E-state index contributed by atoms with van der Waals surface area (Å²) in [5.41, 5.74) is 0. The van der Waals surface area contributed by atoms with Gasteiger partial charge in [0, 0.05) is 19.8 Å². The minimum atomic E-state index is -0.507. The first-order valence-electron chi connectivity index (χ1n) is 28.8. The van der Waals surface area contributed by atoms with Gasteiger partial charge in [0.1, 0.15) is 24.9 Å². The number of esters is 1. The summed E-state index contributed by atoms with van der Waals surface area (Å²) in [6.07, 6.45) is 54.6. The molecule has 1 aliphatic heterocycles. The van der Waals surface area contributed by atoms with Crippen LogP contribution in [0.15, 0.2) is 0 Å².